The molecule has 0 unspecified atom stereocenters. The van der Waals surface area contributed by atoms with E-state index in [0.29, 0.717) is 12.5 Å². The Morgan fingerprint density at radius 3 is 3.00 bits per heavy atom. The van der Waals surface area contributed by atoms with Gasteiger partial charge in [-0.15, -0.1) is 0 Å². The van der Waals surface area contributed by atoms with E-state index in [-0.39, 0.29) is 0 Å². The van der Waals surface area contributed by atoms with Crippen LogP contribution in [-0.4, -0.2) is 19.6 Å². The number of aromatic nitrogens is 4. The van der Waals surface area contributed by atoms with E-state index in [2.05, 4.69) is 32.5 Å². The van der Waals surface area contributed by atoms with Gasteiger partial charge >= 0.3 is 0 Å². The number of anilines is 1. The van der Waals surface area contributed by atoms with E-state index in [1.54, 1.807) is 0 Å². The second kappa shape index (κ2) is 5.40. The van der Waals surface area contributed by atoms with Crippen molar-refractivity contribution in [1.29, 1.82) is 0 Å². The van der Waals surface area contributed by atoms with E-state index in [0.717, 1.165) is 22.7 Å². The fourth-order valence-corrected chi connectivity index (χ4v) is 2.88. The fraction of sp³-hybridized carbons (Fsp3) is 0.353. The van der Waals surface area contributed by atoms with E-state index in [1.807, 2.05) is 36.0 Å². The maximum atomic E-state index is 4.69. The first-order valence-corrected chi connectivity index (χ1v) is 7.80. The molecule has 1 aliphatic rings. The predicted molar refractivity (Wildman–Crippen MR) is 85.9 cm³/mol. The van der Waals surface area contributed by atoms with Gasteiger partial charge in [-0.05, 0) is 38.0 Å². The second-order valence-corrected chi connectivity index (χ2v) is 5.94. The van der Waals surface area contributed by atoms with Gasteiger partial charge in [-0.25, -0.2) is 14.5 Å². The standard InChI is InChI=1S/C17H19N5/c1-12-9-15(13-5-4-6-13)21-17(20-12)18-10-14-11-19-22-8-3-2-7-16(14)22/h2-3,7-9,11,13H,4-6,10H2,1H3,(H,18,20,21). The lowest BCUT2D eigenvalue weighted by Gasteiger charge is -2.25. The van der Waals surface area contributed by atoms with E-state index < -0.39 is 0 Å². The highest BCUT2D eigenvalue weighted by Crippen LogP contribution is 2.35. The molecule has 1 N–H and O–H groups in total. The monoisotopic (exact) mass is 293 g/mol. The van der Waals surface area contributed by atoms with Gasteiger partial charge in [0.15, 0.2) is 0 Å². The molecule has 3 heterocycles. The van der Waals surface area contributed by atoms with Crippen molar-refractivity contribution < 1.29 is 0 Å². The molecule has 0 atom stereocenters. The van der Waals surface area contributed by atoms with Crippen LogP contribution in [-0.2, 0) is 6.54 Å². The molecule has 112 valence electrons. The van der Waals surface area contributed by atoms with Crippen LogP contribution in [0.1, 0.15) is 42.1 Å². The molecule has 0 bridgehead atoms. The predicted octanol–water partition coefficient (Wildman–Crippen LogP) is 3.31. The van der Waals surface area contributed by atoms with Gasteiger partial charge in [0.05, 0.1) is 11.7 Å². The molecular weight excluding hydrogens is 274 g/mol. The van der Waals surface area contributed by atoms with Gasteiger partial charge in [-0.2, -0.15) is 5.10 Å². The molecule has 1 fully saturated rings. The number of nitrogens with one attached hydrogen (secondary N) is 1. The van der Waals surface area contributed by atoms with Crippen molar-refractivity contribution in [3.05, 3.63) is 53.6 Å². The van der Waals surface area contributed by atoms with E-state index >= 15 is 0 Å². The van der Waals surface area contributed by atoms with Crippen LogP contribution in [0.15, 0.2) is 36.7 Å². The molecule has 22 heavy (non-hydrogen) atoms. The minimum atomic E-state index is 0.624. The minimum absolute atomic E-state index is 0.624. The Bertz CT molecular complexity index is 804. The number of aryl methyl sites for hydroxylation is 1. The molecule has 5 nitrogen and oxygen atoms in total. The Morgan fingerprint density at radius 1 is 1.27 bits per heavy atom. The first kappa shape index (κ1) is 13.2. The molecule has 0 spiro atoms. The topological polar surface area (TPSA) is 55.1 Å². The average Bonchev–Trinajstić information content (AvgIpc) is 2.86. The highest BCUT2D eigenvalue weighted by molar-refractivity contribution is 5.54. The third kappa shape index (κ3) is 2.43. The zero-order chi connectivity index (χ0) is 14.9. The Labute approximate surface area is 129 Å². The summed E-state index contributed by atoms with van der Waals surface area (Å²) >= 11 is 0. The third-order valence-corrected chi connectivity index (χ3v) is 4.34. The van der Waals surface area contributed by atoms with Crippen LogP contribution in [0, 0.1) is 6.92 Å². The van der Waals surface area contributed by atoms with Crippen molar-refractivity contribution in [2.24, 2.45) is 0 Å². The number of nitrogens with zero attached hydrogens (tertiary/aromatic N) is 4. The molecule has 0 radical (unpaired) electrons. The molecule has 3 aromatic rings. The van der Waals surface area contributed by atoms with Crippen molar-refractivity contribution in [1.82, 2.24) is 19.6 Å². The van der Waals surface area contributed by atoms with Crippen LogP contribution < -0.4 is 5.32 Å². The number of hydrogen-bond acceptors (Lipinski definition) is 4. The van der Waals surface area contributed by atoms with Crippen molar-refractivity contribution >= 4 is 11.5 Å². The fourth-order valence-electron chi connectivity index (χ4n) is 2.88. The van der Waals surface area contributed by atoms with Gasteiger partial charge in [0.25, 0.3) is 0 Å². The molecule has 1 aliphatic carbocycles. The quantitative estimate of drug-likeness (QED) is 0.802. The SMILES string of the molecule is Cc1cc(C2CCC2)nc(NCc2cnn3ccccc23)n1. The highest BCUT2D eigenvalue weighted by Gasteiger charge is 2.21. The van der Waals surface area contributed by atoms with Crippen LogP contribution in [0.4, 0.5) is 5.95 Å². The van der Waals surface area contributed by atoms with Crippen LogP contribution in [0.3, 0.4) is 0 Å². The maximum Gasteiger partial charge on any atom is 0.223 e. The Morgan fingerprint density at radius 2 is 2.18 bits per heavy atom. The summed E-state index contributed by atoms with van der Waals surface area (Å²) < 4.78 is 1.88. The maximum absolute atomic E-state index is 4.69. The van der Waals surface area contributed by atoms with Gasteiger partial charge in [0, 0.05) is 35.6 Å². The number of hydrogen-bond donors (Lipinski definition) is 1. The van der Waals surface area contributed by atoms with E-state index in [9.17, 15) is 0 Å². The number of rotatable bonds is 4. The molecule has 3 aromatic heterocycles. The summed E-state index contributed by atoms with van der Waals surface area (Å²) in [5.74, 6) is 1.34. The van der Waals surface area contributed by atoms with Gasteiger partial charge in [0.2, 0.25) is 5.95 Å². The van der Waals surface area contributed by atoms with Gasteiger partial charge in [-0.1, -0.05) is 12.5 Å². The Hall–Kier alpha value is -2.43. The first-order valence-electron chi connectivity index (χ1n) is 7.80. The molecule has 4 rings (SSSR count). The summed E-state index contributed by atoms with van der Waals surface area (Å²) in [5.41, 5.74) is 4.47. The van der Waals surface area contributed by atoms with Crippen molar-refractivity contribution in [2.75, 3.05) is 5.32 Å². The molecule has 0 saturated heterocycles. The first-order chi connectivity index (χ1) is 10.8. The average molecular weight is 293 g/mol. The van der Waals surface area contributed by atoms with E-state index in [4.69, 9.17) is 0 Å². The largest absolute Gasteiger partial charge is 0.350 e. The molecule has 5 heteroatoms. The summed E-state index contributed by atoms with van der Waals surface area (Å²) in [7, 11) is 0. The molecular formula is C17H19N5. The lowest BCUT2D eigenvalue weighted by molar-refractivity contribution is 0.410. The molecule has 0 amide bonds. The summed E-state index contributed by atoms with van der Waals surface area (Å²) in [6.07, 6.45) is 7.68. The number of fused-ring (bicyclic) bond motifs is 1. The number of pyridine rings is 1. The van der Waals surface area contributed by atoms with Crippen molar-refractivity contribution in [3.8, 4) is 0 Å². The zero-order valence-corrected chi connectivity index (χ0v) is 12.7. The van der Waals surface area contributed by atoms with Crippen LogP contribution >= 0.6 is 0 Å². The van der Waals surface area contributed by atoms with Crippen molar-refractivity contribution in [2.45, 2.75) is 38.6 Å². The Balaban J connectivity index is 1.54. The smallest absolute Gasteiger partial charge is 0.223 e. The molecule has 0 aliphatic heterocycles. The summed E-state index contributed by atoms with van der Waals surface area (Å²) in [4.78, 5) is 9.19. The zero-order valence-electron chi connectivity index (χ0n) is 12.7. The Kier molecular flexibility index (Phi) is 3.25. The van der Waals surface area contributed by atoms with Crippen LogP contribution in [0.2, 0.25) is 0 Å². The van der Waals surface area contributed by atoms with Gasteiger partial charge < -0.3 is 5.32 Å². The summed E-state index contributed by atoms with van der Waals surface area (Å²) in [6, 6.07) is 8.19. The normalized spacial score (nSPS) is 15.0. The molecule has 1 saturated carbocycles. The van der Waals surface area contributed by atoms with Crippen LogP contribution in [0.5, 0.6) is 0 Å². The minimum Gasteiger partial charge on any atom is -0.350 e. The summed E-state index contributed by atoms with van der Waals surface area (Å²) in [5, 5.41) is 7.70. The second-order valence-electron chi connectivity index (χ2n) is 5.94. The lowest BCUT2D eigenvalue weighted by Crippen LogP contribution is -2.13. The summed E-state index contributed by atoms with van der Waals surface area (Å²) in [6.45, 7) is 2.71. The molecule has 0 aromatic carbocycles. The van der Waals surface area contributed by atoms with Crippen molar-refractivity contribution in [3.63, 3.8) is 0 Å². The van der Waals surface area contributed by atoms with E-state index in [1.165, 1.54) is 25.0 Å². The van der Waals surface area contributed by atoms with Crippen LogP contribution in [0.25, 0.3) is 5.52 Å². The van der Waals surface area contributed by atoms with Gasteiger partial charge in [-0.3, -0.25) is 0 Å². The highest BCUT2D eigenvalue weighted by atomic mass is 15.2. The lowest BCUT2D eigenvalue weighted by atomic mass is 9.83. The third-order valence-electron chi connectivity index (χ3n) is 4.34. The van der Waals surface area contributed by atoms with Gasteiger partial charge in [0.1, 0.15) is 0 Å².